The van der Waals surface area contributed by atoms with E-state index in [4.69, 9.17) is 4.74 Å². The van der Waals surface area contributed by atoms with Gasteiger partial charge in [-0.2, -0.15) is 0 Å². The predicted octanol–water partition coefficient (Wildman–Crippen LogP) is 3.54. The van der Waals surface area contributed by atoms with Gasteiger partial charge in [0.2, 0.25) is 5.91 Å². The van der Waals surface area contributed by atoms with Crippen LogP contribution in [0.3, 0.4) is 0 Å². The number of nitrogens with one attached hydrogen (secondary N) is 3. The van der Waals surface area contributed by atoms with E-state index in [0.717, 1.165) is 56.4 Å². The zero-order valence-electron chi connectivity index (χ0n) is 17.3. The van der Waals surface area contributed by atoms with Crippen molar-refractivity contribution in [3.8, 4) is 0 Å². The van der Waals surface area contributed by atoms with Crippen LogP contribution in [0.25, 0.3) is 0 Å². The first kappa shape index (κ1) is 23.0. The van der Waals surface area contributed by atoms with E-state index < -0.39 is 0 Å². The lowest BCUT2D eigenvalue weighted by molar-refractivity contribution is -0.116. The number of benzene rings is 1. The average Bonchev–Trinajstić information content (AvgIpc) is 2.62. The molecule has 3 N–H and O–H groups in total. The van der Waals surface area contributed by atoms with Gasteiger partial charge < -0.3 is 20.7 Å². The van der Waals surface area contributed by atoms with Crippen molar-refractivity contribution in [1.29, 1.82) is 0 Å². The molecule has 0 fully saturated rings. The lowest BCUT2D eigenvalue weighted by Crippen LogP contribution is -2.37. The van der Waals surface area contributed by atoms with E-state index in [9.17, 15) is 4.79 Å². The van der Waals surface area contributed by atoms with E-state index >= 15 is 0 Å². The summed E-state index contributed by atoms with van der Waals surface area (Å²) in [6, 6.07) is 7.86. The Morgan fingerprint density at radius 1 is 1.19 bits per heavy atom. The predicted molar refractivity (Wildman–Crippen MR) is 113 cm³/mol. The normalized spacial score (nSPS) is 11.5. The highest BCUT2D eigenvalue weighted by Crippen LogP contribution is 2.13. The molecule has 0 saturated heterocycles. The molecule has 1 aromatic rings. The van der Waals surface area contributed by atoms with Crippen LogP contribution in [0.5, 0.6) is 0 Å². The quantitative estimate of drug-likeness (QED) is 0.296. The summed E-state index contributed by atoms with van der Waals surface area (Å²) in [7, 11) is 0. The maximum atomic E-state index is 11.9. The minimum absolute atomic E-state index is 0.0488. The van der Waals surface area contributed by atoms with Crippen LogP contribution in [0.2, 0.25) is 0 Å². The molecule has 152 valence electrons. The van der Waals surface area contributed by atoms with Crippen LogP contribution >= 0.6 is 0 Å². The van der Waals surface area contributed by atoms with E-state index in [1.54, 1.807) is 0 Å². The monoisotopic (exact) mass is 376 g/mol. The highest BCUT2D eigenvalue weighted by Gasteiger charge is 2.05. The first-order chi connectivity index (χ1) is 13.0. The van der Waals surface area contributed by atoms with E-state index in [1.165, 1.54) is 0 Å². The fourth-order valence-electron chi connectivity index (χ4n) is 2.52. The van der Waals surface area contributed by atoms with Crippen molar-refractivity contribution in [3.05, 3.63) is 29.8 Å². The Labute approximate surface area is 164 Å². The van der Waals surface area contributed by atoms with E-state index in [-0.39, 0.29) is 5.91 Å². The molecule has 0 spiro atoms. The molecule has 0 bridgehead atoms. The number of rotatable bonds is 12. The Balaban J connectivity index is 2.52. The highest BCUT2D eigenvalue weighted by atomic mass is 16.5. The number of carbonyl (C=O) groups is 1. The van der Waals surface area contributed by atoms with Crippen molar-refractivity contribution in [2.24, 2.45) is 10.9 Å². The Bertz CT molecular complexity index is 573. The first-order valence-corrected chi connectivity index (χ1v) is 10.0. The summed E-state index contributed by atoms with van der Waals surface area (Å²) in [5.74, 6) is 1.20. The van der Waals surface area contributed by atoms with Crippen molar-refractivity contribution < 1.29 is 9.53 Å². The molecular formula is C21H36N4O2. The lowest BCUT2D eigenvalue weighted by atomic mass is 10.1. The number of unbranched alkanes of at least 4 members (excludes halogenated alkanes) is 1. The summed E-state index contributed by atoms with van der Waals surface area (Å²) >= 11 is 0. The second-order valence-corrected chi connectivity index (χ2v) is 6.87. The first-order valence-electron chi connectivity index (χ1n) is 10.0. The second kappa shape index (κ2) is 14.0. The molecule has 0 atom stereocenters. The fourth-order valence-corrected chi connectivity index (χ4v) is 2.52. The van der Waals surface area contributed by atoms with Gasteiger partial charge in [-0.05, 0) is 50.3 Å². The smallest absolute Gasteiger partial charge is 0.224 e. The molecule has 0 radical (unpaired) electrons. The zero-order valence-corrected chi connectivity index (χ0v) is 17.3. The van der Waals surface area contributed by atoms with Gasteiger partial charge in [-0.1, -0.05) is 26.0 Å². The summed E-state index contributed by atoms with van der Waals surface area (Å²) in [6.07, 6.45) is 2.61. The van der Waals surface area contributed by atoms with Crippen LogP contribution in [-0.4, -0.2) is 38.2 Å². The SMILES string of the molecule is CCNC(=NCc1cccc(NC(=O)CC(C)C)c1)NCCCCOCC. The summed E-state index contributed by atoms with van der Waals surface area (Å²) in [4.78, 5) is 16.6. The Kier molecular flexibility index (Phi) is 11.9. The molecule has 27 heavy (non-hydrogen) atoms. The van der Waals surface area contributed by atoms with Crippen LogP contribution in [-0.2, 0) is 16.1 Å². The van der Waals surface area contributed by atoms with Crippen molar-refractivity contribution in [3.63, 3.8) is 0 Å². The maximum Gasteiger partial charge on any atom is 0.224 e. The Morgan fingerprint density at radius 2 is 2.00 bits per heavy atom. The number of anilines is 1. The van der Waals surface area contributed by atoms with Crippen LogP contribution in [0.1, 0.15) is 52.5 Å². The molecule has 1 amide bonds. The molecular weight excluding hydrogens is 340 g/mol. The number of aliphatic imine (C=N–C) groups is 1. The van der Waals surface area contributed by atoms with E-state index in [1.807, 2.05) is 45.0 Å². The van der Waals surface area contributed by atoms with Crippen molar-refractivity contribution in [2.45, 2.75) is 53.5 Å². The third-order valence-electron chi connectivity index (χ3n) is 3.78. The molecule has 1 aromatic carbocycles. The van der Waals surface area contributed by atoms with Gasteiger partial charge in [0.25, 0.3) is 0 Å². The molecule has 0 saturated carbocycles. The number of hydrogen-bond donors (Lipinski definition) is 3. The number of nitrogens with zero attached hydrogens (tertiary/aromatic N) is 1. The average molecular weight is 377 g/mol. The van der Waals surface area contributed by atoms with Crippen LogP contribution < -0.4 is 16.0 Å². The van der Waals surface area contributed by atoms with E-state index in [2.05, 4.69) is 27.9 Å². The molecule has 0 aliphatic heterocycles. The number of guanidine groups is 1. The van der Waals surface area contributed by atoms with Crippen molar-refractivity contribution in [2.75, 3.05) is 31.6 Å². The Hall–Kier alpha value is -2.08. The number of hydrogen-bond acceptors (Lipinski definition) is 3. The maximum absolute atomic E-state index is 11.9. The molecule has 0 aliphatic carbocycles. The summed E-state index contributed by atoms with van der Waals surface area (Å²) in [6.45, 7) is 12.0. The molecule has 0 aliphatic rings. The van der Waals surface area contributed by atoms with Gasteiger partial charge in [-0.25, -0.2) is 4.99 Å². The van der Waals surface area contributed by atoms with Crippen molar-refractivity contribution in [1.82, 2.24) is 10.6 Å². The zero-order chi connectivity index (χ0) is 19.9. The minimum Gasteiger partial charge on any atom is -0.382 e. The van der Waals surface area contributed by atoms with E-state index in [0.29, 0.717) is 18.9 Å². The van der Waals surface area contributed by atoms with Crippen LogP contribution in [0, 0.1) is 5.92 Å². The topological polar surface area (TPSA) is 74.8 Å². The summed E-state index contributed by atoms with van der Waals surface area (Å²) in [5, 5.41) is 9.57. The van der Waals surface area contributed by atoms with Gasteiger partial charge in [0, 0.05) is 38.4 Å². The third kappa shape index (κ3) is 11.3. The molecule has 0 unspecified atom stereocenters. The standard InChI is InChI=1S/C21H36N4O2/c1-5-22-21(23-12-7-8-13-27-6-2)24-16-18-10-9-11-19(15-18)25-20(26)14-17(3)4/h9-11,15,17H,5-8,12-14,16H2,1-4H3,(H,25,26)(H2,22,23,24). The fraction of sp³-hybridized carbons (Fsp3) is 0.619. The molecule has 0 aromatic heterocycles. The number of carbonyl (C=O) groups excluding carboxylic acids is 1. The van der Waals surface area contributed by atoms with Crippen molar-refractivity contribution >= 4 is 17.6 Å². The largest absolute Gasteiger partial charge is 0.382 e. The molecule has 6 nitrogen and oxygen atoms in total. The second-order valence-electron chi connectivity index (χ2n) is 6.87. The summed E-state index contributed by atoms with van der Waals surface area (Å²) in [5.41, 5.74) is 1.88. The number of amides is 1. The Morgan fingerprint density at radius 3 is 2.70 bits per heavy atom. The van der Waals surface area contributed by atoms with Crippen LogP contribution in [0.4, 0.5) is 5.69 Å². The summed E-state index contributed by atoms with van der Waals surface area (Å²) < 4.78 is 5.35. The lowest BCUT2D eigenvalue weighted by Gasteiger charge is -2.12. The van der Waals surface area contributed by atoms with Crippen LogP contribution in [0.15, 0.2) is 29.3 Å². The van der Waals surface area contributed by atoms with Gasteiger partial charge >= 0.3 is 0 Å². The third-order valence-corrected chi connectivity index (χ3v) is 3.78. The van der Waals surface area contributed by atoms with Gasteiger partial charge in [-0.3, -0.25) is 4.79 Å². The van der Waals surface area contributed by atoms with Gasteiger partial charge in [-0.15, -0.1) is 0 Å². The minimum atomic E-state index is 0.0488. The molecule has 0 heterocycles. The molecule has 6 heteroatoms. The number of ether oxygens (including phenoxy) is 1. The molecule has 1 rings (SSSR count). The van der Waals surface area contributed by atoms with Gasteiger partial charge in [0.15, 0.2) is 5.96 Å². The van der Waals surface area contributed by atoms with Gasteiger partial charge in [0.1, 0.15) is 0 Å². The highest BCUT2D eigenvalue weighted by molar-refractivity contribution is 5.90. The van der Waals surface area contributed by atoms with Gasteiger partial charge in [0.05, 0.1) is 6.54 Å².